The minimum atomic E-state index is 0.100. The van der Waals surface area contributed by atoms with Gasteiger partial charge < -0.3 is 4.90 Å². The van der Waals surface area contributed by atoms with Gasteiger partial charge in [-0.05, 0) is 52.9 Å². The molecule has 1 aromatic carbocycles. The van der Waals surface area contributed by atoms with Gasteiger partial charge in [0.2, 0.25) is 0 Å². The molecule has 2 rings (SSSR count). The van der Waals surface area contributed by atoms with E-state index in [4.69, 9.17) is 11.6 Å². The molecule has 0 aromatic heterocycles. The van der Waals surface area contributed by atoms with Gasteiger partial charge in [0.05, 0.1) is 5.02 Å². The Labute approximate surface area is 121 Å². The largest absolute Gasteiger partial charge is 0.338 e. The molecule has 1 fully saturated rings. The molecule has 0 aliphatic carbocycles. The van der Waals surface area contributed by atoms with Crippen molar-refractivity contribution in [3.05, 3.63) is 33.3 Å². The summed E-state index contributed by atoms with van der Waals surface area (Å²) in [6.45, 7) is 3.95. The molecule has 4 heteroatoms. The molecule has 1 aliphatic heterocycles. The SMILES string of the molecule is CCCC1CCN(C(=O)c2ccc(Br)c(Cl)c2)C1. The number of hydrogen-bond acceptors (Lipinski definition) is 1. The van der Waals surface area contributed by atoms with Crippen molar-refractivity contribution in [1.82, 2.24) is 4.90 Å². The summed E-state index contributed by atoms with van der Waals surface area (Å²) in [6, 6.07) is 5.39. The highest BCUT2D eigenvalue weighted by Gasteiger charge is 2.26. The van der Waals surface area contributed by atoms with Crippen molar-refractivity contribution in [3.8, 4) is 0 Å². The maximum atomic E-state index is 12.3. The van der Waals surface area contributed by atoms with Crippen molar-refractivity contribution in [3.63, 3.8) is 0 Å². The minimum absolute atomic E-state index is 0.100. The number of halogens is 2. The van der Waals surface area contributed by atoms with Crippen LogP contribution in [0, 0.1) is 5.92 Å². The van der Waals surface area contributed by atoms with Crippen LogP contribution in [0.4, 0.5) is 0 Å². The van der Waals surface area contributed by atoms with E-state index in [-0.39, 0.29) is 5.91 Å². The molecule has 1 amide bonds. The van der Waals surface area contributed by atoms with Gasteiger partial charge in [-0.25, -0.2) is 0 Å². The molecular weight excluding hydrogens is 314 g/mol. The van der Waals surface area contributed by atoms with E-state index in [1.807, 2.05) is 17.0 Å². The van der Waals surface area contributed by atoms with Crippen LogP contribution in [0.3, 0.4) is 0 Å². The third-order valence-corrected chi connectivity index (χ3v) is 4.67. The number of amides is 1. The lowest BCUT2D eigenvalue weighted by atomic mass is 10.0. The highest BCUT2D eigenvalue weighted by Crippen LogP contribution is 2.26. The summed E-state index contributed by atoms with van der Waals surface area (Å²) in [7, 11) is 0. The Hall–Kier alpha value is -0.540. The van der Waals surface area contributed by atoms with Gasteiger partial charge in [0.15, 0.2) is 0 Å². The van der Waals surface area contributed by atoms with E-state index >= 15 is 0 Å². The molecule has 0 saturated carbocycles. The molecule has 0 N–H and O–H groups in total. The normalized spacial score (nSPS) is 19.3. The van der Waals surface area contributed by atoms with Crippen LogP contribution >= 0.6 is 27.5 Å². The number of carbonyl (C=O) groups is 1. The highest BCUT2D eigenvalue weighted by atomic mass is 79.9. The third kappa shape index (κ3) is 3.07. The van der Waals surface area contributed by atoms with Crippen LogP contribution in [0.2, 0.25) is 5.02 Å². The number of rotatable bonds is 3. The summed E-state index contributed by atoms with van der Waals surface area (Å²) in [5.41, 5.74) is 0.681. The van der Waals surface area contributed by atoms with Crippen LogP contribution in [0.25, 0.3) is 0 Å². The lowest BCUT2D eigenvalue weighted by molar-refractivity contribution is 0.0786. The molecular formula is C14H17BrClNO. The van der Waals surface area contributed by atoms with Crippen LogP contribution in [0.5, 0.6) is 0 Å². The van der Waals surface area contributed by atoms with Crippen molar-refractivity contribution in [1.29, 1.82) is 0 Å². The number of benzene rings is 1. The predicted octanol–water partition coefficient (Wildman–Crippen LogP) is 4.36. The number of carbonyl (C=O) groups excluding carboxylic acids is 1. The van der Waals surface area contributed by atoms with Crippen molar-refractivity contribution in [2.45, 2.75) is 26.2 Å². The van der Waals surface area contributed by atoms with Gasteiger partial charge in [0.25, 0.3) is 5.91 Å². The predicted molar refractivity (Wildman–Crippen MR) is 78.1 cm³/mol. The molecule has 1 aromatic rings. The molecule has 0 bridgehead atoms. The van der Waals surface area contributed by atoms with Gasteiger partial charge in [-0.3, -0.25) is 4.79 Å². The Balaban J connectivity index is 2.05. The first kappa shape index (κ1) is 13.9. The zero-order chi connectivity index (χ0) is 13.1. The highest BCUT2D eigenvalue weighted by molar-refractivity contribution is 9.10. The second-order valence-electron chi connectivity index (χ2n) is 4.82. The van der Waals surface area contributed by atoms with Gasteiger partial charge in [-0.1, -0.05) is 24.9 Å². The zero-order valence-electron chi connectivity index (χ0n) is 10.5. The maximum Gasteiger partial charge on any atom is 0.253 e. The van der Waals surface area contributed by atoms with Crippen LogP contribution in [0.15, 0.2) is 22.7 Å². The number of hydrogen-bond donors (Lipinski definition) is 0. The molecule has 1 atom stereocenters. The van der Waals surface area contributed by atoms with Gasteiger partial charge in [-0.15, -0.1) is 0 Å². The molecule has 98 valence electrons. The monoisotopic (exact) mass is 329 g/mol. The summed E-state index contributed by atoms with van der Waals surface area (Å²) in [5.74, 6) is 0.771. The van der Waals surface area contributed by atoms with Gasteiger partial charge >= 0.3 is 0 Å². The Morgan fingerprint density at radius 2 is 2.33 bits per heavy atom. The average molecular weight is 331 g/mol. The topological polar surface area (TPSA) is 20.3 Å². The summed E-state index contributed by atoms with van der Waals surface area (Å²) in [5, 5.41) is 0.588. The van der Waals surface area contributed by atoms with E-state index in [1.165, 1.54) is 12.8 Å². The Morgan fingerprint density at radius 3 is 3.00 bits per heavy atom. The standard InChI is InChI=1S/C14H17BrClNO/c1-2-3-10-6-7-17(9-10)14(18)11-4-5-12(15)13(16)8-11/h4-5,8,10H,2-3,6-7,9H2,1H3. The van der Waals surface area contributed by atoms with Crippen molar-refractivity contribution in [2.75, 3.05) is 13.1 Å². The van der Waals surface area contributed by atoms with Crippen LogP contribution < -0.4 is 0 Å². The van der Waals surface area contributed by atoms with Crippen molar-refractivity contribution >= 4 is 33.4 Å². The van der Waals surface area contributed by atoms with Gasteiger partial charge in [-0.2, -0.15) is 0 Å². The van der Waals surface area contributed by atoms with Crippen LogP contribution in [-0.4, -0.2) is 23.9 Å². The molecule has 2 nitrogen and oxygen atoms in total. The van der Waals surface area contributed by atoms with Crippen molar-refractivity contribution in [2.24, 2.45) is 5.92 Å². The van der Waals surface area contributed by atoms with Crippen LogP contribution in [0.1, 0.15) is 36.5 Å². The second kappa shape index (κ2) is 6.07. The van der Waals surface area contributed by atoms with Crippen LogP contribution in [-0.2, 0) is 0 Å². The summed E-state index contributed by atoms with van der Waals surface area (Å²) < 4.78 is 0.825. The zero-order valence-corrected chi connectivity index (χ0v) is 12.8. The number of likely N-dealkylation sites (tertiary alicyclic amines) is 1. The van der Waals surface area contributed by atoms with Gasteiger partial charge in [0.1, 0.15) is 0 Å². The molecule has 1 saturated heterocycles. The fourth-order valence-corrected chi connectivity index (χ4v) is 2.90. The fraction of sp³-hybridized carbons (Fsp3) is 0.500. The third-order valence-electron chi connectivity index (χ3n) is 3.44. The Kier molecular flexibility index (Phi) is 4.68. The quantitative estimate of drug-likeness (QED) is 0.806. The lowest BCUT2D eigenvalue weighted by Crippen LogP contribution is -2.28. The molecule has 1 heterocycles. The maximum absolute atomic E-state index is 12.3. The average Bonchev–Trinajstić information content (AvgIpc) is 2.81. The Morgan fingerprint density at radius 1 is 1.56 bits per heavy atom. The first-order chi connectivity index (χ1) is 8.61. The smallest absolute Gasteiger partial charge is 0.253 e. The number of nitrogens with zero attached hydrogens (tertiary/aromatic N) is 1. The van der Waals surface area contributed by atoms with E-state index < -0.39 is 0 Å². The first-order valence-corrected chi connectivity index (χ1v) is 7.53. The first-order valence-electron chi connectivity index (χ1n) is 6.36. The lowest BCUT2D eigenvalue weighted by Gasteiger charge is -2.16. The summed E-state index contributed by atoms with van der Waals surface area (Å²) in [4.78, 5) is 14.3. The van der Waals surface area contributed by atoms with E-state index in [0.29, 0.717) is 16.5 Å². The summed E-state index contributed by atoms with van der Waals surface area (Å²) in [6.07, 6.45) is 3.53. The molecule has 1 unspecified atom stereocenters. The fourth-order valence-electron chi connectivity index (χ4n) is 2.47. The van der Waals surface area contributed by atoms with E-state index in [1.54, 1.807) is 6.07 Å². The Bertz CT molecular complexity index is 449. The minimum Gasteiger partial charge on any atom is -0.338 e. The van der Waals surface area contributed by atoms with E-state index in [0.717, 1.165) is 24.0 Å². The molecule has 0 spiro atoms. The summed E-state index contributed by atoms with van der Waals surface area (Å²) >= 11 is 9.36. The van der Waals surface area contributed by atoms with Gasteiger partial charge in [0, 0.05) is 23.1 Å². The van der Waals surface area contributed by atoms with Crippen molar-refractivity contribution < 1.29 is 4.79 Å². The van der Waals surface area contributed by atoms with E-state index in [2.05, 4.69) is 22.9 Å². The molecule has 0 radical (unpaired) electrons. The molecule has 1 aliphatic rings. The second-order valence-corrected chi connectivity index (χ2v) is 6.08. The van der Waals surface area contributed by atoms with E-state index in [9.17, 15) is 4.79 Å². The molecule has 18 heavy (non-hydrogen) atoms.